The third kappa shape index (κ3) is 2.07. The van der Waals surface area contributed by atoms with Crippen LogP contribution in [0, 0.1) is 11.6 Å². The molecule has 0 aliphatic heterocycles. The van der Waals surface area contributed by atoms with Gasteiger partial charge < -0.3 is 0 Å². The maximum Gasteiger partial charge on any atom is 0.264 e. The van der Waals surface area contributed by atoms with Crippen LogP contribution in [0.25, 0.3) is 11.1 Å². The molecule has 0 fully saturated rings. The number of H-pyrrole nitrogens is 1. The molecule has 2 rings (SSSR count). The van der Waals surface area contributed by atoms with E-state index in [0.717, 1.165) is 18.2 Å². The molecule has 1 heterocycles. The van der Waals surface area contributed by atoms with Crippen LogP contribution in [0.5, 0.6) is 0 Å². The van der Waals surface area contributed by atoms with Crippen LogP contribution in [-0.4, -0.2) is 10.2 Å². The van der Waals surface area contributed by atoms with E-state index in [4.69, 9.17) is 0 Å². The predicted octanol–water partition coefficient (Wildman–Crippen LogP) is 1.72. The van der Waals surface area contributed by atoms with Crippen molar-refractivity contribution in [3.63, 3.8) is 0 Å². The summed E-state index contributed by atoms with van der Waals surface area (Å²) in [6, 6.07) is 4.27. The highest BCUT2D eigenvalue weighted by atomic mass is 19.1. The molecule has 2 aromatic rings. The molecule has 0 saturated carbocycles. The lowest BCUT2D eigenvalue weighted by Gasteiger charge is -2.00. The Kier molecular flexibility index (Phi) is 2.29. The second-order valence-corrected chi connectivity index (χ2v) is 2.99. The Morgan fingerprint density at radius 2 is 1.67 bits per heavy atom. The fraction of sp³-hybridized carbons (Fsp3) is 0. The van der Waals surface area contributed by atoms with E-state index in [1.165, 1.54) is 12.3 Å². The van der Waals surface area contributed by atoms with Crippen molar-refractivity contribution >= 4 is 0 Å². The van der Waals surface area contributed by atoms with E-state index in [0.29, 0.717) is 5.56 Å². The van der Waals surface area contributed by atoms with E-state index in [1.807, 2.05) is 0 Å². The Labute approximate surface area is 83.4 Å². The summed E-state index contributed by atoms with van der Waals surface area (Å²) < 4.78 is 25.7. The second kappa shape index (κ2) is 3.61. The number of nitrogens with one attached hydrogen (secondary N) is 1. The van der Waals surface area contributed by atoms with Crippen LogP contribution in [0.15, 0.2) is 35.3 Å². The average molecular weight is 208 g/mol. The van der Waals surface area contributed by atoms with Gasteiger partial charge in [0.15, 0.2) is 0 Å². The first-order valence-electron chi connectivity index (χ1n) is 4.16. The summed E-state index contributed by atoms with van der Waals surface area (Å²) in [5.41, 5.74) is 0.236. The maximum atomic E-state index is 12.9. The molecule has 0 aliphatic carbocycles. The Bertz CT molecular complexity index is 531. The van der Waals surface area contributed by atoms with Gasteiger partial charge in [0.05, 0.1) is 6.20 Å². The molecule has 1 aromatic heterocycles. The van der Waals surface area contributed by atoms with Gasteiger partial charge in [0, 0.05) is 17.7 Å². The van der Waals surface area contributed by atoms with Gasteiger partial charge in [-0.05, 0) is 17.7 Å². The summed E-state index contributed by atoms with van der Waals surface area (Å²) >= 11 is 0. The Morgan fingerprint density at radius 3 is 2.27 bits per heavy atom. The van der Waals surface area contributed by atoms with Gasteiger partial charge >= 0.3 is 0 Å². The zero-order valence-corrected chi connectivity index (χ0v) is 7.50. The van der Waals surface area contributed by atoms with Crippen LogP contribution >= 0.6 is 0 Å². The fourth-order valence-electron chi connectivity index (χ4n) is 1.25. The van der Waals surface area contributed by atoms with Crippen molar-refractivity contribution < 1.29 is 8.78 Å². The lowest BCUT2D eigenvalue weighted by atomic mass is 10.1. The van der Waals surface area contributed by atoms with Crippen LogP contribution in [0.4, 0.5) is 8.78 Å². The summed E-state index contributed by atoms with van der Waals surface area (Å²) in [5.74, 6) is -1.38. The molecule has 0 aliphatic rings. The monoisotopic (exact) mass is 208 g/mol. The Morgan fingerprint density at radius 1 is 1.00 bits per heavy atom. The first kappa shape index (κ1) is 9.51. The molecule has 15 heavy (non-hydrogen) atoms. The Hall–Kier alpha value is -2.04. The zero-order chi connectivity index (χ0) is 10.8. The average Bonchev–Trinajstić information content (AvgIpc) is 2.16. The summed E-state index contributed by atoms with van der Waals surface area (Å²) in [7, 11) is 0. The number of hydrogen-bond donors (Lipinski definition) is 1. The van der Waals surface area contributed by atoms with Crippen molar-refractivity contribution in [2.45, 2.75) is 0 Å². The van der Waals surface area contributed by atoms with Crippen molar-refractivity contribution in [2.24, 2.45) is 0 Å². The molecule has 5 heteroatoms. The SMILES string of the molecule is O=c1cc(-c2cc(F)cc(F)c2)cn[nH]1. The number of aromatic nitrogens is 2. The molecule has 0 saturated heterocycles. The van der Waals surface area contributed by atoms with Gasteiger partial charge in [-0.25, -0.2) is 13.9 Å². The normalized spacial score (nSPS) is 10.3. The lowest BCUT2D eigenvalue weighted by Crippen LogP contribution is -2.05. The van der Waals surface area contributed by atoms with Crippen molar-refractivity contribution in [3.05, 3.63) is 52.5 Å². The number of halogens is 2. The molecular weight excluding hydrogens is 202 g/mol. The van der Waals surface area contributed by atoms with E-state index in [-0.39, 0.29) is 5.56 Å². The van der Waals surface area contributed by atoms with Gasteiger partial charge in [-0.3, -0.25) is 4.79 Å². The van der Waals surface area contributed by atoms with Gasteiger partial charge in [-0.1, -0.05) is 0 Å². The maximum absolute atomic E-state index is 12.9. The molecule has 1 N–H and O–H groups in total. The summed E-state index contributed by atoms with van der Waals surface area (Å²) in [6.45, 7) is 0. The molecule has 0 atom stereocenters. The van der Waals surface area contributed by atoms with E-state index in [1.54, 1.807) is 0 Å². The molecule has 0 spiro atoms. The van der Waals surface area contributed by atoms with E-state index in [9.17, 15) is 13.6 Å². The van der Waals surface area contributed by atoms with Crippen molar-refractivity contribution in [1.82, 2.24) is 10.2 Å². The van der Waals surface area contributed by atoms with E-state index < -0.39 is 17.2 Å². The van der Waals surface area contributed by atoms with Crippen LogP contribution in [0.3, 0.4) is 0 Å². The molecule has 0 bridgehead atoms. The van der Waals surface area contributed by atoms with Crippen LogP contribution < -0.4 is 5.56 Å². The van der Waals surface area contributed by atoms with E-state index in [2.05, 4.69) is 10.2 Å². The minimum atomic E-state index is -0.690. The predicted molar refractivity (Wildman–Crippen MR) is 50.2 cm³/mol. The highest BCUT2D eigenvalue weighted by Crippen LogP contribution is 2.18. The van der Waals surface area contributed by atoms with Gasteiger partial charge in [0.2, 0.25) is 0 Å². The summed E-state index contributed by atoms with van der Waals surface area (Å²) in [4.78, 5) is 10.9. The van der Waals surface area contributed by atoms with Gasteiger partial charge in [-0.2, -0.15) is 5.10 Å². The molecule has 1 aromatic carbocycles. The van der Waals surface area contributed by atoms with Crippen LogP contribution in [0.2, 0.25) is 0 Å². The first-order valence-corrected chi connectivity index (χ1v) is 4.16. The topological polar surface area (TPSA) is 45.8 Å². The van der Waals surface area contributed by atoms with Crippen molar-refractivity contribution in [2.75, 3.05) is 0 Å². The highest BCUT2D eigenvalue weighted by molar-refractivity contribution is 5.61. The zero-order valence-electron chi connectivity index (χ0n) is 7.50. The van der Waals surface area contributed by atoms with Gasteiger partial charge in [0.25, 0.3) is 5.56 Å². The van der Waals surface area contributed by atoms with E-state index >= 15 is 0 Å². The molecule has 0 radical (unpaired) electrons. The standard InChI is InChI=1S/C10H6F2N2O/c11-8-1-6(2-9(12)4-8)7-3-10(15)14-13-5-7/h1-5H,(H,14,15). The molecule has 3 nitrogen and oxygen atoms in total. The number of benzene rings is 1. The summed E-state index contributed by atoms with van der Waals surface area (Å²) in [5, 5.41) is 5.72. The van der Waals surface area contributed by atoms with Crippen molar-refractivity contribution in [3.8, 4) is 11.1 Å². The van der Waals surface area contributed by atoms with Crippen molar-refractivity contribution in [1.29, 1.82) is 0 Å². The smallest absolute Gasteiger partial charge is 0.264 e. The number of aromatic amines is 1. The second-order valence-electron chi connectivity index (χ2n) is 2.99. The molecule has 0 amide bonds. The molecule has 0 unspecified atom stereocenters. The molecular formula is C10H6F2N2O. The number of nitrogens with zero attached hydrogens (tertiary/aromatic N) is 1. The fourth-order valence-corrected chi connectivity index (χ4v) is 1.25. The largest absolute Gasteiger partial charge is 0.268 e. The van der Waals surface area contributed by atoms with Gasteiger partial charge in [-0.15, -0.1) is 0 Å². The minimum absolute atomic E-state index is 0.283. The first-order chi connectivity index (χ1) is 7.15. The Balaban J connectivity index is 2.58. The van der Waals surface area contributed by atoms with Crippen LogP contribution in [0.1, 0.15) is 0 Å². The third-order valence-electron chi connectivity index (χ3n) is 1.86. The van der Waals surface area contributed by atoms with Gasteiger partial charge in [0.1, 0.15) is 11.6 Å². The quantitative estimate of drug-likeness (QED) is 0.775. The highest BCUT2D eigenvalue weighted by Gasteiger charge is 2.03. The lowest BCUT2D eigenvalue weighted by molar-refractivity contribution is 0.584. The number of hydrogen-bond acceptors (Lipinski definition) is 2. The number of rotatable bonds is 1. The molecule has 76 valence electrons. The third-order valence-corrected chi connectivity index (χ3v) is 1.86. The minimum Gasteiger partial charge on any atom is -0.268 e. The van der Waals surface area contributed by atoms with Crippen LogP contribution in [-0.2, 0) is 0 Å². The summed E-state index contributed by atoms with van der Waals surface area (Å²) in [6.07, 6.45) is 1.33.